The lowest BCUT2D eigenvalue weighted by Gasteiger charge is -2.44. The van der Waals surface area contributed by atoms with E-state index >= 15 is 0 Å². The lowest BCUT2D eigenvalue weighted by molar-refractivity contribution is -0.129. The molecule has 1 heterocycles. The Bertz CT molecular complexity index is 264. The van der Waals surface area contributed by atoms with Gasteiger partial charge in [-0.05, 0) is 37.3 Å². The van der Waals surface area contributed by atoms with Gasteiger partial charge in [0.25, 0.3) is 5.91 Å². The van der Waals surface area contributed by atoms with Crippen molar-refractivity contribution in [1.29, 1.82) is 0 Å². The number of hydrogen-bond donors (Lipinski definition) is 2. The fourth-order valence-electron chi connectivity index (χ4n) is 3.21. The third-order valence-electron chi connectivity index (χ3n) is 4.79. The zero-order chi connectivity index (χ0) is 13.8. The second-order valence-corrected chi connectivity index (χ2v) is 5.94. The predicted molar refractivity (Wildman–Crippen MR) is 74.8 cm³/mol. The number of piperidine rings is 1. The fourth-order valence-corrected chi connectivity index (χ4v) is 3.21. The number of nitrogens with one attached hydrogen (secondary N) is 1. The minimum atomic E-state index is -0.0817. The number of carbonyl (C=O) groups is 1. The van der Waals surface area contributed by atoms with Gasteiger partial charge in [0, 0.05) is 0 Å². The number of carbonyl (C=O) groups excluding carboxylic acids is 1. The van der Waals surface area contributed by atoms with Crippen molar-refractivity contribution in [1.82, 2.24) is 10.3 Å². The van der Waals surface area contributed by atoms with Gasteiger partial charge in [0.1, 0.15) is 0 Å². The zero-order valence-electron chi connectivity index (χ0n) is 12.3. The fraction of sp³-hybridized carbons (Fsp3) is 0.929. The van der Waals surface area contributed by atoms with Crippen LogP contribution in [-0.4, -0.2) is 29.9 Å². The van der Waals surface area contributed by atoms with E-state index in [1.807, 2.05) is 0 Å². The van der Waals surface area contributed by atoms with Crippen LogP contribution >= 0.6 is 0 Å². The summed E-state index contributed by atoms with van der Waals surface area (Å²) < 4.78 is 0. The summed E-state index contributed by atoms with van der Waals surface area (Å²) in [6.07, 6.45) is 4.88. The van der Waals surface area contributed by atoms with E-state index in [0.29, 0.717) is 11.3 Å². The number of rotatable bonds is 5. The molecule has 1 amide bonds. The molecule has 4 nitrogen and oxygen atoms in total. The normalized spacial score (nSPS) is 21.9. The topological polar surface area (TPSA) is 58.4 Å². The van der Waals surface area contributed by atoms with Gasteiger partial charge in [-0.2, -0.15) is 0 Å². The summed E-state index contributed by atoms with van der Waals surface area (Å²) in [4.78, 5) is 14.2. The van der Waals surface area contributed by atoms with Crippen molar-refractivity contribution in [2.75, 3.05) is 13.1 Å². The molecule has 106 valence electrons. The van der Waals surface area contributed by atoms with Crippen molar-refractivity contribution in [3.8, 4) is 0 Å². The zero-order valence-corrected chi connectivity index (χ0v) is 12.3. The van der Waals surface area contributed by atoms with Gasteiger partial charge in [-0.15, -0.1) is 0 Å². The van der Waals surface area contributed by atoms with Crippen LogP contribution in [0.15, 0.2) is 0 Å². The van der Waals surface area contributed by atoms with Crippen LogP contribution in [0.2, 0.25) is 0 Å². The molecule has 1 rings (SSSR count). The predicted octanol–water partition coefficient (Wildman–Crippen LogP) is 1.90. The van der Waals surface area contributed by atoms with E-state index in [4.69, 9.17) is 5.84 Å². The van der Waals surface area contributed by atoms with E-state index in [2.05, 4.69) is 38.0 Å². The minimum Gasteiger partial charge on any atom is -0.293 e. The van der Waals surface area contributed by atoms with Crippen LogP contribution in [0.4, 0.5) is 0 Å². The molecule has 1 fully saturated rings. The van der Waals surface area contributed by atoms with Gasteiger partial charge in [-0.3, -0.25) is 15.1 Å². The number of likely N-dealkylation sites (tertiary alicyclic amines) is 1. The van der Waals surface area contributed by atoms with Crippen LogP contribution in [0, 0.1) is 11.3 Å². The van der Waals surface area contributed by atoms with Crippen LogP contribution in [-0.2, 0) is 4.79 Å². The van der Waals surface area contributed by atoms with Crippen molar-refractivity contribution in [3.05, 3.63) is 0 Å². The molecule has 4 heteroatoms. The van der Waals surface area contributed by atoms with Gasteiger partial charge in [-0.1, -0.05) is 40.5 Å². The third-order valence-corrected chi connectivity index (χ3v) is 4.79. The summed E-state index contributed by atoms with van der Waals surface area (Å²) in [7, 11) is 0. The number of hydrazine groups is 1. The molecule has 0 bridgehead atoms. The Morgan fingerprint density at radius 2 is 1.78 bits per heavy atom. The Labute approximate surface area is 111 Å². The first kappa shape index (κ1) is 15.4. The van der Waals surface area contributed by atoms with Crippen LogP contribution in [0.3, 0.4) is 0 Å². The van der Waals surface area contributed by atoms with E-state index in [9.17, 15) is 4.79 Å². The standard InChI is InChI=1S/C14H29N3O/c1-5-14(6-2)7-9-17(10-8-14)12(11(3)4)13(18)16-15/h11-12H,5-10,15H2,1-4H3,(H,16,18). The number of nitrogens with zero attached hydrogens (tertiary/aromatic N) is 1. The molecule has 3 N–H and O–H groups in total. The Balaban J connectivity index is 2.67. The number of nitrogens with two attached hydrogens (primary N) is 1. The SMILES string of the molecule is CCC1(CC)CCN(C(C(=O)NN)C(C)C)CC1. The van der Waals surface area contributed by atoms with E-state index in [0.717, 1.165) is 13.1 Å². The second-order valence-electron chi connectivity index (χ2n) is 5.94. The second kappa shape index (κ2) is 6.53. The minimum absolute atomic E-state index is 0.0505. The quantitative estimate of drug-likeness (QED) is 0.448. The van der Waals surface area contributed by atoms with Crippen LogP contribution in [0.25, 0.3) is 0 Å². The lowest BCUT2D eigenvalue weighted by Crippen LogP contribution is -2.55. The molecular formula is C14H29N3O. The van der Waals surface area contributed by atoms with Gasteiger partial charge in [0.05, 0.1) is 6.04 Å². The molecular weight excluding hydrogens is 226 g/mol. The molecule has 1 atom stereocenters. The van der Waals surface area contributed by atoms with Gasteiger partial charge < -0.3 is 0 Å². The maximum atomic E-state index is 11.9. The van der Waals surface area contributed by atoms with Gasteiger partial charge in [0.2, 0.25) is 0 Å². The number of hydrogen-bond acceptors (Lipinski definition) is 3. The maximum Gasteiger partial charge on any atom is 0.251 e. The van der Waals surface area contributed by atoms with Crippen molar-refractivity contribution in [2.24, 2.45) is 17.2 Å². The summed E-state index contributed by atoms with van der Waals surface area (Å²) >= 11 is 0. The molecule has 0 aromatic carbocycles. The third kappa shape index (κ3) is 3.23. The van der Waals surface area contributed by atoms with E-state index in [1.165, 1.54) is 25.7 Å². The first-order valence-corrected chi connectivity index (χ1v) is 7.24. The molecule has 0 aromatic heterocycles. The van der Waals surface area contributed by atoms with Crippen LogP contribution in [0.5, 0.6) is 0 Å². The molecule has 1 aliphatic heterocycles. The highest BCUT2D eigenvalue weighted by Gasteiger charge is 2.36. The Hall–Kier alpha value is -0.610. The highest BCUT2D eigenvalue weighted by molar-refractivity contribution is 5.81. The highest BCUT2D eigenvalue weighted by atomic mass is 16.2. The van der Waals surface area contributed by atoms with Crippen molar-refractivity contribution >= 4 is 5.91 Å². The number of amides is 1. The summed E-state index contributed by atoms with van der Waals surface area (Å²) in [5, 5.41) is 0. The summed E-state index contributed by atoms with van der Waals surface area (Å²) in [5.41, 5.74) is 2.81. The van der Waals surface area contributed by atoms with Gasteiger partial charge in [0.15, 0.2) is 0 Å². The summed E-state index contributed by atoms with van der Waals surface area (Å²) in [6, 6.07) is -0.0817. The van der Waals surface area contributed by atoms with Crippen molar-refractivity contribution in [2.45, 2.75) is 59.4 Å². The van der Waals surface area contributed by atoms with E-state index in [1.54, 1.807) is 0 Å². The molecule has 1 aliphatic rings. The largest absolute Gasteiger partial charge is 0.293 e. The van der Waals surface area contributed by atoms with Crippen molar-refractivity contribution in [3.63, 3.8) is 0 Å². The molecule has 0 radical (unpaired) electrons. The molecule has 0 aliphatic carbocycles. The van der Waals surface area contributed by atoms with Gasteiger partial charge in [-0.25, -0.2) is 5.84 Å². The molecule has 0 spiro atoms. The average Bonchev–Trinajstić information content (AvgIpc) is 2.39. The smallest absolute Gasteiger partial charge is 0.251 e. The maximum absolute atomic E-state index is 11.9. The highest BCUT2D eigenvalue weighted by Crippen LogP contribution is 2.38. The molecule has 0 aromatic rings. The Kier molecular flexibility index (Phi) is 5.60. The van der Waals surface area contributed by atoms with Gasteiger partial charge >= 0.3 is 0 Å². The van der Waals surface area contributed by atoms with E-state index < -0.39 is 0 Å². The average molecular weight is 255 g/mol. The molecule has 0 saturated carbocycles. The Morgan fingerprint density at radius 3 is 2.11 bits per heavy atom. The van der Waals surface area contributed by atoms with Crippen LogP contribution < -0.4 is 11.3 Å². The first-order chi connectivity index (χ1) is 8.49. The molecule has 1 saturated heterocycles. The monoisotopic (exact) mass is 255 g/mol. The molecule has 18 heavy (non-hydrogen) atoms. The lowest BCUT2D eigenvalue weighted by atomic mass is 9.73. The first-order valence-electron chi connectivity index (χ1n) is 7.24. The van der Waals surface area contributed by atoms with Crippen LogP contribution in [0.1, 0.15) is 53.4 Å². The summed E-state index contributed by atoms with van der Waals surface area (Å²) in [6.45, 7) is 10.8. The van der Waals surface area contributed by atoms with Crippen molar-refractivity contribution < 1.29 is 4.79 Å². The van der Waals surface area contributed by atoms with E-state index in [-0.39, 0.29) is 11.9 Å². The Morgan fingerprint density at radius 1 is 1.28 bits per heavy atom. The molecule has 1 unspecified atom stereocenters. The summed E-state index contributed by atoms with van der Waals surface area (Å²) in [5.74, 6) is 5.54.